The van der Waals surface area contributed by atoms with Crippen molar-refractivity contribution in [1.82, 2.24) is 9.97 Å². The van der Waals surface area contributed by atoms with E-state index in [1.165, 1.54) is 5.56 Å². The summed E-state index contributed by atoms with van der Waals surface area (Å²) in [6.45, 7) is 4.62. The number of hydrogen-bond acceptors (Lipinski definition) is 4. The number of benzene rings is 1. The summed E-state index contributed by atoms with van der Waals surface area (Å²) in [4.78, 5) is 8.04. The fourth-order valence-corrected chi connectivity index (χ4v) is 2.94. The predicted octanol–water partition coefficient (Wildman–Crippen LogP) is 4.06. The van der Waals surface area contributed by atoms with Gasteiger partial charge in [0.25, 0.3) is 0 Å². The Balaban J connectivity index is 0. The summed E-state index contributed by atoms with van der Waals surface area (Å²) in [5, 5.41) is 4.44. The van der Waals surface area contributed by atoms with Gasteiger partial charge in [0.1, 0.15) is 16.1 Å². The first-order valence-electron chi connectivity index (χ1n) is 8.15. The number of hydrogen-bond donors (Lipinski definition) is 1. The van der Waals surface area contributed by atoms with Crippen LogP contribution in [0.1, 0.15) is 25.5 Å². The molecule has 0 saturated carbocycles. The van der Waals surface area contributed by atoms with Crippen molar-refractivity contribution in [1.29, 1.82) is 0 Å². The van der Waals surface area contributed by atoms with E-state index in [4.69, 9.17) is 27.9 Å². The maximum absolute atomic E-state index is 5.88. The van der Waals surface area contributed by atoms with Crippen molar-refractivity contribution in [3.63, 3.8) is 0 Å². The summed E-state index contributed by atoms with van der Waals surface area (Å²) in [6.07, 6.45) is 3.48. The van der Waals surface area contributed by atoms with Crippen LogP contribution in [0.25, 0.3) is 0 Å². The van der Waals surface area contributed by atoms with Gasteiger partial charge in [-0.15, -0.1) is 0 Å². The average molecular weight is 572 g/mol. The molecule has 0 amide bonds. The van der Waals surface area contributed by atoms with Crippen LogP contribution < -0.4 is 61.4 Å². The van der Waals surface area contributed by atoms with Gasteiger partial charge in [-0.05, 0) is 77.4 Å². The molecule has 0 fully saturated rings. The standard InChI is InChI=1S/C14H15ClN2O.C6H5ClIN.CH4.K.H/c1-10-7-12(9-17-14(10)15)16-8-11-3-5-13(18-2)6-4-11;1-4-2-5(8)3-9-6(4)7;;;/h3-7,9,16H,8H2,1-2H3;2-3H,1H3;1H4;;/q;;;+1;-1. The van der Waals surface area contributed by atoms with Crippen LogP contribution in [-0.2, 0) is 6.54 Å². The van der Waals surface area contributed by atoms with Crippen molar-refractivity contribution in [2.45, 2.75) is 27.8 Å². The Labute approximate surface area is 241 Å². The zero-order valence-electron chi connectivity index (χ0n) is 17.3. The van der Waals surface area contributed by atoms with Gasteiger partial charge < -0.3 is 11.5 Å². The first-order chi connectivity index (χ1) is 12.9. The second-order valence-corrected chi connectivity index (χ2v) is 7.76. The first-order valence-corrected chi connectivity index (χ1v) is 9.99. The monoisotopic (exact) mass is 571 g/mol. The molecule has 0 bridgehead atoms. The van der Waals surface area contributed by atoms with E-state index in [1.54, 1.807) is 19.5 Å². The van der Waals surface area contributed by atoms with Gasteiger partial charge in [-0.25, -0.2) is 9.97 Å². The van der Waals surface area contributed by atoms with Gasteiger partial charge in [0, 0.05) is 16.3 Å². The minimum absolute atomic E-state index is 0. The quantitative estimate of drug-likeness (QED) is 0.291. The molecule has 0 aliphatic carbocycles. The third-order valence-electron chi connectivity index (χ3n) is 3.65. The number of aryl methyl sites for hydroxylation is 2. The molecule has 1 N–H and O–H groups in total. The summed E-state index contributed by atoms with van der Waals surface area (Å²) in [5.41, 5.74) is 4.15. The van der Waals surface area contributed by atoms with E-state index in [9.17, 15) is 0 Å². The zero-order valence-corrected chi connectivity index (χ0v) is 23.1. The molecule has 2 aromatic heterocycles. The molecule has 4 nitrogen and oxygen atoms in total. The van der Waals surface area contributed by atoms with Gasteiger partial charge in [-0.1, -0.05) is 42.8 Å². The number of nitrogens with zero attached hydrogens (tertiary/aromatic N) is 2. The Bertz CT molecular complexity index is 902. The number of nitrogens with one attached hydrogen (secondary N) is 1. The number of ether oxygens (including phenoxy) is 1. The fourth-order valence-electron chi connectivity index (χ4n) is 2.13. The van der Waals surface area contributed by atoms with Gasteiger partial charge in [0.2, 0.25) is 0 Å². The Morgan fingerprint density at radius 1 is 1.00 bits per heavy atom. The van der Waals surface area contributed by atoms with Crippen molar-refractivity contribution in [3.8, 4) is 5.75 Å². The Hall–Kier alpha value is 0.0664. The molecule has 3 aromatic rings. The van der Waals surface area contributed by atoms with Gasteiger partial charge in [0.05, 0.1) is 19.0 Å². The van der Waals surface area contributed by atoms with E-state index < -0.39 is 0 Å². The smallest absolute Gasteiger partial charge is 1.00 e. The maximum atomic E-state index is 5.88. The van der Waals surface area contributed by atoms with Crippen LogP contribution in [-0.4, -0.2) is 17.1 Å². The SMILES string of the molecule is C.COc1ccc(CNc2cnc(Cl)c(C)c2)cc1.Cc1cc(I)cnc1Cl.[H-].[K+]. The molecule has 2 heterocycles. The number of methoxy groups -OCH3 is 1. The van der Waals surface area contributed by atoms with Gasteiger partial charge in [0.15, 0.2) is 0 Å². The first kappa shape index (κ1) is 29.1. The van der Waals surface area contributed by atoms with Gasteiger partial charge in [-0.3, -0.25) is 0 Å². The number of rotatable bonds is 4. The van der Waals surface area contributed by atoms with Crippen molar-refractivity contribution in [2.24, 2.45) is 0 Å². The molecule has 1 aromatic carbocycles. The van der Waals surface area contributed by atoms with E-state index >= 15 is 0 Å². The topological polar surface area (TPSA) is 47.0 Å². The minimum Gasteiger partial charge on any atom is -1.00 e. The molecular formula is C21H25Cl2IKN3O. The van der Waals surface area contributed by atoms with Crippen LogP contribution in [0, 0.1) is 17.4 Å². The van der Waals surface area contributed by atoms with Crippen LogP contribution in [0.15, 0.2) is 48.8 Å². The molecule has 0 aliphatic rings. The molecule has 3 rings (SSSR count). The number of anilines is 1. The Morgan fingerprint density at radius 2 is 1.55 bits per heavy atom. The molecule has 8 heteroatoms. The molecule has 0 aliphatic heterocycles. The summed E-state index contributed by atoms with van der Waals surface area (Å²) in [6, 6.07) is 11.9. The molecule has 0 unspecified atom stereocenters. The van der Waals surface area contributed by atoms with Crippen molar-refractivity contribution >= 4 is 51.5 Å². The van der Waals surface area contributed by atoms with Crippen LogP contribution in [0.5, 0.6) is 5.75 Å². The largest absolute Gasteiger partial charge is 1.00 e. The molecule has 0 radical (unpaired) electrons. The third-order valence-corrected chi connectivity index (χ3v) is 5.03. The van der Waals surface area contributed by atoms with Crippen molar-refractivity contribution in [3.05, 3.63) is 79.4 Å². The minimum atomic E-state index is 0. The van der Waals surface area contributed by atoms with E-state index in [0.717, 1.165) is 32.7 Å². The predicted molar refractivity (Wildman–Crippen MR) is 129 cm³/mol. The van der Waals surface area contributed by atoms with E-state index in [2.05, 4.69) is 37.9 Å². The van der Waals surface area contributed by atoms with Gasteiger partial charge in [-0.2, -0.15) is 0 Å². The van der Waals surface area contributed by atoms with Crippen LogP contribution in [0.4, 0.5) is 5.69 Å². The normalized spacial score (nSPS) is 9.31. The van der Waals surface area contributed by atoms with Gasteiger partial charge >= 0.3 is 51.4 Å². The molecule has 0 spiro atoms. The molecule has 152 valence electrons. The molecular weight excluding hydrogens is 547 g/mol. The average Bonchev–Trinajstić information content (AvgIpc) is 2.67. The fraction of sp³-hybridized carbons (Fsp3) is 0.238. The van der Waals surface area contributed by atoms with Crippen LogP contribution in [0.2, 0.25) is 10.3 Å². The Morgan fingerprint density at radius 3 is 2.03 bits per heavy atom. The third kappa shape index (κ3) is 10.3. The summed E-state index contributed by atoms with van der Waals surface area (Å²) < 4.78 is 6.24. The molecule has 0 atom stereocenters. The van der Waals surface area contributed by atoms with Crippen molar-refractivity contribution in [2.75, 3.05) is 12.4 Å². The second kappa shape index (κ2) is 15.0. The zero-order chi connectivity index (χ0) is 19.8. The van der Waals surface area contributed by atoms with E-state index in [-0.39, 0.29) is 60.2 Å². The maximum Gasteiger partial charge on any atom is 1.00 e. The van der Waals surface area contributed by atoms with Crippen LogP contribution in [0.3, 0.4) is 0 Å². The van der Waals surface area contributed by atoms with E-state index in [1.807, 2.05) is 50.2 Å². The summed E-state index contributed by atoms with van der Waals surface area (Å²) in [5.74, 6) is 0.864. The molecule has 29 heavy (non-hydrogen) atoms. The molecule has 0 saturated heterocycles. The van der Waals surface area contributed by atoms with Crippen LogP contribution >= 0.6 is 45.8 Å². The summed E-state index contributed by atoms with van der Waals surface area (Å²) >= 11 is 13.7. The van der Waals surface area contributed by atoms with E-state index in [0.29, 0.717) is 10.3 Å². The second-order valence-electron chi connectivity index (χ2n) is 5.79. The van der Waals surface area contributed by atoms with Crippen molar-refractivity contribution < 1.29 is 57.5 Å². The number of aromatic nitrogens is 2. The number of halogens is 3. The number of pyridine rings is 2. The Kier molecular flexibility index (Phi) is 15.0. The summed E-state index contributed by atoms with van der Waals surface area (Å²) in [7, 11) is 1.66.